The Balaban J connectivity index is 1.84. The fraction of sp³-hybridized carbons (Fsp3) is 0.200. The van der Waals surface area contributed by atoms with Crippen molar-refractivity contribution < 1.29 is 23.2 Å². The average molecular weight is 432 g/mol. The number of methoxy groups -OCH3 is 1. The average Bonchev–Trinajstić information content (AvgIpc) is 3.45. The normalized spacial score (nSPS) is 11.6. The van der Waals surface area contributed by atoms with Crippen LogP contribution in [0.4, 0.5) is 5.82 Å². The molecule has 0 bridgehead atoms. The van der Waals surface area contributed by atoms with Gasteiger partial charge in [-0.1, -0.05) is 23.4 Å². The third-order valence-corrected chi connectivity index (χ3v) is 5.19. The molecule has 32 heavy (non-hydrogen) atoms. The molecule has 7 heteroatoms. The third-order valence-electron chi connectivity index (χ3n) is 5.19. The first-order chi connectivity index (χ1) is 15.5. The maximum absolute atomic E-state index is 12.5. The number of fused-ring (bicyclic) bond motifs is 1. The molecule has 0 saturated heterocycles. The Bertz CT molecular complexity index is 1290. The van der Waals surface area contributed by atoms with Crippen LogP contribution < -0.4 is 14.8 Å². The van der Waals surface area contributed by atoms with Gasteiger partial charge in [0.1, 0.15) is 23.3 Å². The lowest BCUT2D eigenvalue weighted by atomic mass is 9.96. The van der Waals surface area contributed by atoms with Crippen LogP contribution >= 0.6 is 0 Å². The highest BCUT2D eigenvalue weighted by atomic mass is 16.5. The second-order valence-electron chi connectivity index (χ2n) is 7.24. The number of aromatic nitrogens is 1. The molecule has 1 amide bonds. The summed E-state index contributed by atoms with van der Waals surface area (Å²) in [6.45, 7) is 6.23. The molecule has 2 heterocycles. The van der Waals surface area contributed by atoms with Crippen LogP contribution in [0.25, 0.3) is 27.7 Å². The zero-order valence-corrected chi connectivity index (χ0v) is 18.4. The molecule has 0 saturated carbocycles. The number of benzene rings is 2. The van der Waals surface area contributed by atoms with Crippen molar-refractivity contribution in [1.82, 2.24) is 5.16 Å². The maximum Gasteiger partial charge on any atom is 0.249 e. The summed E-state index contributed by atoms with van der Waals surface area (Å²) in [5, 5.41) is 7.30. The molecule has 4 rings (SSSR count). The Morgan fingerprint density at radius 3 is 2.75 bits per heavy atom. The fourth-order valence-corrected chi connectivity index (χ4v) is 3.73. The van der Waals surface area contributed by atoms with Crippen LogP contribution in [0.5, 0.6) is 11.5 Å². The Labute approximate surface area is 185 Å². The first-order valence-corrected chi connectivity index (χ1v) is 10.2. The van der Waals surface area contributed by atoms with E-state index in [4.69, 9.17) is 18.4 Å². The number of hydrogen-bond acceptors (Lipinski definition) is 6. The highest BCUT2D eigenvalue weighted by Gasteiger charge is 2.20. The number of carbonyl (C=O) groups excluding carboxylic acids is 1. The van der Waals surface area contributed by atoms with Crippen LogP contribution in [0.2, 0.25) is 0 Å². The van der Waals surface area contributed by atoms with Crippen molar-refractivity contribution in [2.24, 2.45) is 0 Å². The van der Waals surface area contributed by atoms with Crippen LogP contribution in [0.3, 0.4) is 0 Å². The monoisotopic (exact) mass is 432 g/mol. The highest BCUT2D eigenvalue weighted by Crippen LogP contribution is 2.42. The molecule has 0 aliphatic rings. The zero-order chi connectivity index (χ0) is 22.7. The SMILES string of the molecule is CCOc1c(/C(C)=C/C(=O)Nc2ccon2)cc2c(-c3ccccc3OC)coc2c1C. The van der Waals surface area contributed by atoms with Crippen molar-refractivity contribution in [1.29, 1.82) is 0 Å². The number of furan rings is 1. The summed E-state index contributed by atoms with van der Waals surface area (Å²) in [6.07, 6.45) is 4.64. The molecule has 0 fully saturated rings. The van der Waals surface area contributed by atoms with E-state index in [1.807, 2.05) is 51.1 Å². The number of para-hydroxylation sites is 1. The smallest absolute Gasteiger partial charge is 0.249 e. The van der Waals surface area contributed by atoms with Crippen LogP contribution in [0, 0.1) is 6.92 Å². The zero-order valence-electron chi connectivity index (χ0n) is 18.4. The molecule has 0 radical (unpaired) electrons. The van der Waals surface area contributed by atoms with Gasteiger partial charge in [0.2, 0.25) is 5.91 Å². The maximum atomic E-state index is 12.5. The number of hydrogen-bond donors (Lipinski definition) is 1. The van der Waals surface area contributed by atoms with E-state index in [0.717, 1.165) is 44.5 Å². The molecular formula is C25H24N2O5. The van der Waals surface area contributed by atoms with E-state index >= 15 is 0 Å². The predicted octanol–water partition coefficient (Wildman–Crippen LogP) is 5.85. The van der Waals surface area contributed by atoms with Crippen LogP contribution in [0.1, 0.15) is 25.0 Å². The van der Waals surface area contributed by atoms with Crippen molar-refractivity contribution >= 4 is 28.3 Å². The number of amides is 1. The minimum Gasteiger partial charge on any atom is -0.496 e. The molecule has 0 spiro atoms. The van der Waals surface area contributed by atoms with E-state index < -0.39 is 0 Å². The first-order valence-electron chi connectivity index (χ1n) is 10.2. The summed E-state index contributed by atoms with van der Waals surface area (Å²) >= 11 is 0. The highest BCUT2D eigenvalue weighted by molar-refractivity contribution is 6.05. The topological polar surface area (TPSA) is 86.7 Å². The van der Waals surface area contributed by atoms with E-state index in [-0.39, 0.29) is 5.91 Å². The van der Waals surface area contributed by atoms with E-state index in [1.165, 1.54) is 12.3 Å². The van der Waals surface area contributed by atoms with Crippen molar-refractivity contribution in [2.75, 3.05) is 19.0 Å². The molecule has 0 aliphatic heterocycles. The fourth-order valence-electron chi connectivity index (χ4n) is 3.73. The van der Waals surface area contributed by atoms with Crippen molar-refractivity contribution in [3.63, 3.8) is 0 Å². The quantitative estimate of drug-likeness (QED) is 0.369. The van der Waals surface area contributed by atoms with E-state index in [0.29, 0.717) is 18.2 Å². The van der Waals surface area contributed by atoms with Gasteiger partial charge >= 0.3 is 0 Å². The molecule has 0 unspecified atom stereocenters. The van der Waals surface area contributed by atoms with Crippen LogP contribution in [0.15, 0.2) is 63.9 Å². The number of allylic oxidation sites excluding steroid dienone is 1. The summed E-state index contributed by atoms with van der Waals surface area (Å²) in [6, 6.07) is 11.4. The van der Waals surface area contributed by atoms with Gasteiger partial charge < -0.3 is 23.7 Å². The summed E-state index contributed by atoms with van der Waals surface area (Å²) in [5.41, 5.74) is 4.98. The Kier molecular flexibility index (Phi) is 5.98. The molecule has 2 aromatic carbocycles. The molecule has 4 aromatic rings. The number of nitrogens with one attached hydrogen (secondary N) is 1. The lowest BCUT2D eigenvalue weighted by Gasteiger charge is -2.15. The Hall–Kier alpha value is -4.00. The van der Waals surface area contributed by atoms with E-state index in [1.54, 1.807) is 19.4 Å². The van der Waals surface area contributed by atoms with Gasteiger partial charge in [-0.2, -0.15) is 0 Å². The minimum absolute atomic E-state index is 0.311. The molecule has 164 valence electrons. The number of carbonyl (C=O) groups is 1. The van der Waals surface area contributed by atoms with Gasteiger partial charge in [-0.15, -0.1) is 0 Å². The summed E-state index contributed by atoms with van der Waals surface area (Å²) < 4.78 is 22.2. The molecular weight excluding hydrogens is 408 g/mol. The van der Waals surface area contributed by atoms with Gasteiger partial charge in [0, 0.05) is 39.8 Å². The summed E-state index contributed by atoms with van der Waals surface area (Å²) in [4.78, 5) is 12.5. The number of rotatable bonds is 7. The van der Waals surface area contributed by atoms with Gasteiger partial charge in [-0.3, -0.25) is 4.79 Å². The van der Waals surface area contributed by atoms with Crippen molar-refractivity contribution in [3.05, 3.63) is 66.1 Å². The molecule has 0 aliphatic carbocycles. The first kappa shape index (κ1) is 21.2. The van der Waals surface area contributed by atoms with Gasteiger partial charge in [0.05, 0.1) is 20.0 Å². The second-order valence-corrected chi connectivity index (χ2v) is 7.24. The van der Waals surface area contributed by atoms with Crippen LogP contribution in [-0.4, -0.2) is 24.8 Å². The third kappa shape index (κ3) is 3.97. The Morgan fingerprint density at radius 1 is 1.22 bits per heavy atom. The Morgan fingerprint density at radius 2 is 2.03 bits per heavy atom. The molecule has 0 atom stereocenters. The molecule has 7 nitrogen and oxygen atoms in total. The number of ether oxygens (including phenoxy) is 2. The largest absolute Gasteiger partial charge is 0.496 e. The minimum atomic E-state index is -0.311. The van der Waals surface area contributed by atoms with Crippen molar-refractivity contribution in [2.45, 2.75) is 20.8 Å². The summed E-state index contributed by atoms with van der Waals surface area (Å²) in [7, 11) is 1.64. The second kappa shape index (κ2) is 9.01. The number of aryl methyl sites for hydroxylation is 1. The number of nitrogens with zero attached hydrogens (tertiary/aromatic N) is 1. The molecule has 1 N–H and O–H groups in total. The van der Waals surface area contributed by atoms with Gasteiger partial charge in [-0.25, -0.2) is 0 Å². The van der Waals surface area contributed by atoms with Crippen molar-refractivity contribution in [3.8, 4) is 22.6 Å². The van der Waals surface area contributed by atoms with Gasteiger partial charge in [0.25, 0.3) is 0 Å². The van der Waals surface area contributed by atoms with E-state index in [9.17, 15) is 4.79 Å². The molecule has 2 aromatic heterocycles. The number of anilines is 1. The van der Waals surface area contributed by atoms with Gasteiger partial charge in [-0.05, 0) is 38.5 Å². The lowest BCUT2D eigenvalue weighted by molar-refractivity contribution is -0.111. The standard InChI is InChI=1S/C25H24N2O5/c1-5-30-24-16(3)25-19(20(14-31-25)17-8-6-7-9-21(17)29-4)13-18(24)15(2)12-23(28)26-22-10-11-32-27-22/h6-14H,5H2,1-4H3,(H,26,27,28)/b15-12+. The van der Waals surface area contributed by atoms with Gasteiger partial charge in [0.15, 0.2) is 5.82 Å². The van der Waals surface area contributed by atoms with Crippen LogP contribution in [-0.2, 0) is 4.79 Å². The summed E-state index contributed by atoms with van der Waals surface area (Å²) in [5.74, 6) is 1.48. The lowest BCUT2D eigenvalue weighted by Crippen LogP contribution is -2.09. The van der Waals surface area contributed by atoms with E-state index in [2.05, 4.69) is 10.5 Å². The predicted molar refractivity (Wildman–Crippen MR) is 123 cm³/mol.